The number of nitrogens with two attached hydrogens (primary N) is 1. The van der Waals surface area contributed by atoms with Crippen molar-refractivity contribution in [3.05, 3.63) is 29.3 Å². The quantitative estimate of drug-likeness (QED) is 0.351. The van der Waals surface area contributed by atoms with Gasteiger partial charge >= 0.3 is 0 Å². The van der Waals surface area contributed by atoms with E-state index < -0.39 is 11.6 Å². The van der Waals surface area contributed by atoms with Crippen LogP contribution < -0.4 is 10.6 Å². The van der Waals surface area contributed by atoms with Gasteiger partial charge in [-0.3, -0.25) is 0 Å². The molecule has 0 bridgehead atoms. The molecule has 7 heteroatoms. The Hall–Kier alpha value is -1.89. The Morgan fingerprint density at radius 1 is 1.43 bits per heavy atom. The molecule has 0 heterocycles. The smallest absolute Gasteiger partial charge is 0.170 e. The lowest BCUT2D eigenvalue weighted by Gasteiger charge is -2.31. The van der Waals surface area contributed by atoms with E-state index in [2.05, 4.69) is 5.16 Å². The molecule has 3 N–H and O–H groups in total. The van der Waals surface area contributed by atoms with E-state index in [4.69, 9.17) is 15.7 Å². The fraction of sp³-hybridized carbons (Fsp3) is 0.500. The van der Waals surface area contributed by atoms with Crippen LogP contribution in [0.3, 0.4) is 0 Å². The third-order valence-electron chi connectivity index (χ3n) is 3.37. The van der Waals surface area contributed by atoms with Gasteiger partial charge in [-0.15, -0.1) is 0 Å². The molecule has 0 aliphatic heterocycles. The number of benzene rings is 1. The first kappa shape index (κ1) is 17.2. The van der Waals surface area contributed by atoms with Gasteiger partial charge in [-0.25, -0.2) is 8.78 Å². The largest absolute Gasteiger partial charge is 0.409 e. The molecule has 0 radical (unpaired) electrons. The molecule has 1 aromatic carbocycles. The molecule has 0 amide bonds. The zero-order valence-electron chi connectivity index (χ0n) is 12.4. The predicted octanol–water partition coefficient (Wildman–Crippen LogP) is 2.31. The second kappa shape index (κ2) is 7.78. The van der Waals surface area contributed by atoms with Crippen LogP contribution in [0.5, 0.6) is 0 Å². The highest BCUT2D eigenvalue weighted by Gasteiger charge is 2.22. The second-order valence-electron chi connectivity index (χ2n) is 4.72. The molecule has 0 spiro atoms. The van der Waals surface area contributed by atoms with Gasteiger partial charge in [0.15, 0.2) is 5.84 Å². The number of amidine groups is 1. The Morgan fingerprint density at radius 2 is 2.00 bits per heavy atom. The van der Waals surface area contributed by atoms with E-state index in [1.54, 1.807) is 4.90 Å². The Balaban J connectivity index is 3.25. The van der Waals surface area contributed by atoms with Crippen LogP contribution >= 0.6 is 0 Å². The maximum atomic E-state index is 14.3. The summed E-state index contributed by atoms with van der Waals surface area (Å²) < 4.78 is 33.5. The van der Waals surface area contributed by atoms with Crippen LogP contribution in [0.4, 0.5) is 14.5 Å². The standard InChI is InChI=1S/C14H21F2N3O2/c1-4-9(2)19(5-6-21-3)13-11(15)7-10(8-12(13)16)14(17)18-20/h7-9,20H,4-6H2,1-3H3,(H2,17,18). The number of nitrogens with zero attached hydrogens (tertiary/aromatic N) is 2. The molecule has 5 nitrogen and oxygen atoms in total. The molecule has 1 rings (SSSR count). The first-order chi connectivity index (χ1) is 9.96. The molecule has 0 fully saturated rings. The minimum atomic E-state index is -0.756. The lowest BCUT2D eigenvalue weighted by Crippen LogP contribution is -2.37. The summed E-state index contributed by atoms with van der Waals surface area (Å²) >= 11 is 0. The number of halogens is 2. The van der Waals surface area contributed by atoms with Gasteiger partial charge in [0.1, 0.15) is 17.3 Å². The molecule has 1 aromatic rings. The van der Waals surface area contributed by atoms with Gasteiger partial charge in [0.25, 0.3) is 0 Å². The van der Waals surface area contributed by atoms with Crippen LogP contribution in [-0.4, -0.2) is 37.3 Å². The normalized spacial score (nSPS) is 13.3. The number of oxime groups is 1. The number of methoxy groups -OCH3 is 1. The van der Waals surface area contributed by atoms with Gasteiger partial charge in [0.2, 0.25) is 0 Å². The highest BCUT2D eigenvalue weighted by atomic mass is 19.1. The van der Waals surface area contributed by atoms with Gasteiger partial charge in [0.05, 0.1) is 6.61 Å². The first-order valence-electron chi connectivity index (χ1n) is 6.68. The summed E-state index contributed by atoms with van der Waals surface area (Å²) in [5, 5.41) is 11.3. The average molecular weight is 301 g/mol. The molecule has 0 saturated heterocycles. The highest BCUT2D eigenvalue weighted by molar-refractivity contribution is 5.97. The van der Waals surface area contributed by atoms with E-state index in [1.807, 2.05) is 13.8 Å². The van der Waals surface area contributed by atoms with E-state index in [0.717, 1.165) is 18.6 Å². The molecular formula is C14H21F2N3O2. The minimum absolute atomic E-state index is 0.00732. The van der Waals surface area contributed by atoms with Crippen molar-refractivity contribution in [2.24, 2.45) is 10.9 Å². The van der Waals surface area contributed by atoms with Crippen molar-refractivity contribution >= 4 is 11.5 Å². The fourth-order valence-electron chi connectivity index (χ4n) is 2.01. The summed E-state index contributed by atoms with van der Waals surface area (Å²) in [4.78, 5) is 1.62. The minimum Gasteiger partial charge on any atom is -0.409 e. The summed E-state index contributed by atoms with van der Waals surface area (Å²) in [6.07, 6.45) is 0.727. The van der Waals surface area contributed by atoms with Crippen LogP contribution in [0.1, 0.15) is 25.8 Å². The van der Waals surface area contributed by atoms with Crippen molar-refractivity contribution in [2.45, 2.75) is 26.3 Å². The third-order valence-corrected chi connectivity index (χ3v) is 3.37. The first-order valence-corrected chi connectivity index (χ1v) is 6.68. The maximum absolute atomic E-state index is 14.3. The van der Waals surface area contributed by atoms with E-state index in [9.17, 15) is 8.78 Å². The van der Waals surface area contributed by atoms with Crippen molar-refractivity contribution in [3.63, 3.8) is 0 Å². The molecule has 118 valence electrons. The zero-order valence-corrected chi connectivity index (χ0v) is 12.4. The third kappa shape index (κ3) is 4.04. The lowest BCUT2D eigenvalue weighted by molar-refractivity contribution is 0.203. The van der Waals surface area contributed by atoms with Crippen LogP contribution in [0.15, 0.2) is 17.3 Å². The summed E-state index contributed by atoms with van der Waals surface area (Å²) in [7, 11) is 1.53. The molecule has 0 aliphatic carbocycles. The molecule has 0 saturated carbocycles. The van der Waals surface area contributed by atoms with E-state index in [-0.39, 0.29) is 23.1 Å². The van der Waals surface area contributed by atoms with Crippen LogP contribution in [0.25, 0.3) is 0 Å². The monoisotopic (exact) mass is 301 g/mol. The Bertz CT molecular complexity index is 486. The number of hydrogen-bond donors (Lipinski definition) is 2. The number of rotatable bonds is 7. The molecule has 1 atom stereocenters. The van der Waals surface area contributed by atoms with Gasteiger partial charge in [-0.1, -0.05) is 12.1 Å². The Kier molecular flexibility index (Phi) is 6.36. The van der Waals surface area contributed by atoms with Crippen molar-refractivity contribution in [1.29, 1.82) is 0 Å². The molecule has 0 aromatic heterocycles. The number of anilines is 1. The molecule has 21 heavy (non-hydrogen) atoms. The van der Waals surface area contributed by atoms with Crippen LogP contribution in [0.2, 0.25) is 0 Å². The van der Waals surface area contributed by atoms with Crippen molar-refractivity contribution in [2.75, 3.05) is 25.2 Å². The Labute approximate surface area is 123 Å². The van der Waals surface area contributed by atoms with Crippen LogP contribution in [0, 0.1) is 11.6 Å². The van der Waals surface area contributed by atoms with Crippen LogP contribution in [-0.2, 0) is 4.74 Å². The van der Waals surface area contributed by atoms with E-state index in [1.165, 1.54) is 7.11 Å². The average Bonchev–Trinajstić information content (AvgIpc) is 2.47. The molecular weight excluding hydrogens is 280 g/mol. The van der Waals surface area contributed by atoms with E-state index >= 15 is 0 Å². The van der Waals surface area contributed by atoms with Crippen molar-refractivity contribution in [1.82, 2.24) is 0 Å². The van der Waals surface area contributed by atoms with E-state index in [0.29, 0.717) is 13.2 Å². The van der Waals surface area contributed by atoms with Crippen molar-refractivity contribution < 1.29 is 18.7 Å². The Morgan fingerprint density at radius 3 is 2.43 bits per heavy atom. The van der Waals surface area contributed by atoms with Gasteiger partial charge in [-0.05, 0) is 25.5 Å². The SMILES string of the molecule is CCC(C)N(CCOC)c1c(F)cc(C(N)=NO)cc1F. The second-order valence-corrected chi connectivity index (χ2v) is 4.72. The van der Waals surface area contributed by atoms with Gasteiger partial charge in [-0.2, -0.15) is 0 Å². The number of ether oxygens (including phenoxy) is 1. The zero-order chi connectivity index (χ0) is 16.0. The predicted molar refractivity (Wildman–Crippen MR) is 77.8 cm³/mol. The lowest BCUT2D eigenvalue weighted by atomic mass is 10.1. The summed E-state index contributed by atoms with van der Waals surface area (Å²) in [6, 6.07) is 2.05. The summed E-state index contributed by atoms with van der Waals surface area (Å²) in [6.45, 7) is 4.53. The topological polar surface area (TPSA) is 71.1 Å². The van der Waals surface area contributed by atoms with Crippen molar-refractivity contribution in [3.8, 4) is 0 Å². The highest BCUT2D eigenvalue weighted by Crippen LogP contribution is 2.27. The van der Waals surface area contributed by atoms with Gasteiger partial charge in [0, 0.05) is 25.3 Å². The molecule has 1 unspecified atom stereocenters. The molecule has 0 aliphatic rings. The summed E-state index contributed by atoms with van der Waals surface area (Å²) in [5.74, 6) is -1.85. The van der Waals surface area contributed by atoms with Gasteiger partial charge < -0.3 is 20.6 Å². The number of hydrogen-bond acceptors (Lipinski definition) is 4. The summed E-state index contributed by atoms with van der Waals surface area (Å²) in [5.41, 5.74) is 5.22. The fourth-order valence-corrected chi connectivity index (χ4v) is 2.01. The maximum Gasteiger partial charge on any atom is 0.170 e.